The van der Waals surface area contributed by atoms with Crippen molar-refractivity contribution >= 4 is 5.91 Å². The van der Waals surface area contributed by atoms with Gasteiger partial charge in [0.15, 0.2) is 0 Å². The molecule has 1 aromatic carbocycles. The van der Waals surface area contributed by atoms with E-state index >= 15 is 0 Å². The van der Waals surface area contributed by atoms with Gasteiger partial charge < -0.3 is 15.0 Å². The van der Waals surface area contributed by atoms with Gasteiger partial charge in [0.1, 0.15) is 5.75 Å². The average Bonchev–Trinajstić information content (AvgIpc) is 2.39. The summed E-state index contributed by atoms with van der Waals surface area (Å²) in [6.07, 6.45) is 0. The number of halogens is 2. The monoisotopic (exact) mass is 270 g/mol. The van der Waals surface area contributed by atoms with Crippen molar-refractivity contribution in [1.29, 1.82) is 0 Å². The predicted molar refractivity (Wildman–Crippen MR) is 66.4 cm³/mol. The maximum Gasteiger partial charge on any atom is 0.387 e. The molecule has 6 heteroatoms. The number of carbonyl (C=O) groups is 1. The second-order valence-electron chi connectivity index (χ2n) is 4.45. The van der Waals surface area contributed by atoms with Crippen molar-refractivity contribution < 1.29 is 18.3 Å². The molecule has 1 fully saturated rings. The number of nitrogens with zero attached hydrogens (tertiary/aromatic N) is 1. The molecule has 104 valence electrons. The van der Waals surface area contributed by atoms with E-state index in [4.69, 9.17) is 0 Å². The number of rotatable bonds is 3. The fourth-order valence-corrected chi connectivity index (χ4v) is 2.09. The molecule has 0 saturated carbocycles. The first kappa shape index (κ1) is 13.7. The number of amides is 1. The number of hydrogen-bond donors (Lipinski definition) is 1. The van der Waals surface area contributed by atoms with E-state index in [1.165, 1.54) is 24.3 Å². The van der Waals surface area contributed by atoms with Crippen molar-refractivity contribution in [3.05, 3.63) is 29.8 Å². The van der Waals surface area contributed by atoms with E-state index in [-0.39, 0.29) is 17.7 Å². The van der Waals surface area contributed by atoms with Crippen molar-refractivity contribution in [2.24, 2.45) is 0 Å². The van der Waals surface area contributed by atoms with Crippen LogP contribution in [0.3, 0.4) is 0 Å². The van der Waals surface area contributed by atoms with E-state index < -0.39 is 6.61 Å². The van der Waals surface area contributed by atoms with Crippen LogP contribution in [0.4, 0.5) is 8.78 Å². The minimum absolute atomic E-state index is 0.0555. The summed E-state index contributed by atoms with van der Waals surface area (Å²) in [5, 5.41) is 3.20. The van der Waals surface area contributed by atoms with Crippen LogP contribution < -0.4 is 10.1 Å². The van der Waals surface area contributed by atoms with Crippen LogP contribution in [0.1, 0.15) is 17.3 Å². The summed E-state index contributed by atoms with van der Waals surface area (Å²) in [5.74, 6) is -0.0301. The Morgan fingerprint density at radius 1 is 1.42 bits per heavy atom. The predicted octanol–water partition coefficient (Wildman–Crippen LogP) is 1.72. The molecule has 2 rings (SSSR count). The minimum Gasteiger partial charge on any atom is -0.435 e. The highest BCUT2D eigenvalue weighted by Crippen LogP contribution is 2.17. The number of benzene rings is 1. The molecule has 1 saturated heterocycles. The first-order valence-corrected chi connectivity index (χ1v) is 6.14. The summed E-state index contributed by atoms with van der Waals surface area (Å²) in [4.78, 5) is 14.0. The third-order valence-corrected chi connectivity index (χ3v) is 3.09. The summed E-state index contributed by atoms with van der Waals surface area (Å²) in [6, 6.07) is 5.90. The Morgan fingerprint density at radius 2 is 2.11 bits per heavy atom. The maximum absolute atomic E-state index is 12.3. The fourth-order valence-electron chi connectivity index (χ4n) is 2.09. The number of hydrogen-bond acceptors (Lipinski definition) is 3. The normalized spacial score (nSPS) is 19.6. The third-order valence-electron chi connectivity index (χ3n) is 3.09. The molecule has 1 N–H and O–H groups in total. The van der Waals surface area contributed by atoms with E-state index in [2.05, 4.69) is 10.1 Å². The van der Waals surface area contributed by atoms with Crippen molar-refractivity contribution in [2.75, 3.05) is 19.6 Å². The van der Waals surface area contributed by atoms with Crippen molar-refractivity contribution in [1.82, 2.24) is 10.2 Å². The van der Waals surface area contributed by atoms with Gasteiger partial charge in [-0.25, -0.2) is 0 Å². The molecule has 0 spiro atoms. The van der Waals surface area contributed by atoms with Crippen molar-refractivity contribution in [2.45, 2.75) is 19.6 Å². The van der Waals surface area contributed by atoms with Gasteiger partial charge in [-0.1, -0.05) is 0 Å². The lowest BCUT2D eigenvalue weighted by atomic mass is 10.1. The van der Waals surface area contributed by atoms with Gasteiger partial charge in [0, 0.05) is 31.2 Å². The smallest absolute Gasteiger partial charge is 0.387 e. The Balaban J connectivity index is 2.06. The highest BCUT2D eigenvalue weighted by Gasteiger charge is 2.23. The zero-order chi connectivity index (χ0) is 13.8. The minimum atomic E-state index is -2.85. The summed E-state index contributed by atoms with van der Waals surface area (Å²) in [7, 11) is 0. The summed E-state index contributed by atoms with van der Waals surface area (Å²) in [6.45, 7) is 1.30. The van der Waals surface area contributed by atoms with E-state index in [9.17, 15) is 13.6 Å². The zero-order valence-corrected chi connectivity index (χ0v) is 10.6. The average molecular weight is 270 g/mol. The second kappa shape index (κ2) is 5.97. The second-order valence-corrected chi connectivity index (χ2v) is 4.45. The molecule has 1 aliphatic heterocycles. The van der Waals surface area contributed by atoms with Gasteiger partial charge in [0.2, 0.25) is 0 Å². The van der Waals surface area contributed by atoms with Gasteiger partial charge >= 0.3 is 6.61 Å². The van der Waals surface area contributed by atoms with Crippen LogP contribution in [0.25, 0.3) is 0 Å². The number of alkyl halides is 2. The topological polar surface area (TPSA) is 41.6 Å². The lowest BCUT2D eigenvalue weighted by Gasteiger charge is -2.34. The Bertz CT molecular complexity index is 437. The van der Waals surface area contributed by atoms with Crippen molar-refractivity contribution in [3.8, 4) is 5.75 Å². The van der Waals surface area contributed by atoms with Crippen molar-refractivity contribution in [3.63, 3.8) is 0 Å². The molecule has 0 radical (unpaired) electrons. The number of ether oxygens (including phenoxy) is 1. The molecule has 0 aliphatic carbocycles. The van der Waals surface area contributed by atoms with Gasteiger partial charge in [-0.15, -0.1) is 0 Å². The molecule has 1 amide bonds. The molecular formula is C13H16F2N2O2. The van der Waals surface area contributed by atoms with E-state index in [1.54, 1.807) is 4.90 Å². The number of carbonyl (C=O) groups excluding carboxylic acids is 1. The van der Waals surface area contributed by atoms with E-state index in [0.717, 1.165) is 13.1 Å². The summed E-state index contributed by atoms with van der Waals surface area (Å²) in [5.41, 5.74) is 0.482. The van der Waals surface area contributed by atoms with Crippen LogP contribution in [-0.4, -0.2) is 43.1 Å². The Morgan fingerprint density at radius 3 is 2.68 bits per heavy atom. The SMILES string of the molecule is C[C@@H]1CNCCN1C(=O)c1ccc(OC(F)F)cc1. The lowest BCUT2D eigenvalue weighted by Crippen LogP contribution is -2.52. The lowest BCUT2D eigenvalue weighted by molar-refractivity contribution is -0.0498. The molecule has 4 nitrogen and oxygen atoms in total. The molecule has 1 aromatic rings. The van der Waals surface area contributed by atoms with Gasteiger partial charge in [-0.2, -0.15) is 8.78 Å². The van der Waals surface area contributed by atoms with Gasteiger partial charge in [-0.05, 0) is 31.2 Å². The first-order valence-electron chi connectivity index (χ1n) is 6.14. The van der Waals surface area contributed by atoms with Crippen LogP contribution in [0.5, 0.6) is 5.75 Å². The van der Waals surface area contributed by atoms with Gasteiger partial charge in [-0.3, -0.25) is 4.79 Å². The molecule has 19 heavy (non-hydrogen) atoms. The first-order chi connectivity index (χ1) is 9.08. The zero-order valence-electron chi connectivity index (χ0n) is 10.6. The number of nitrogens with one attached hydrogen (secondary N) is 1. The molecule has 1 atom stereocenters. The standard InChI is InChI=1S/C13H16F2N2O2/c1-9-8-16-6-7-17(9)12(18)10-2-4-11(5-3-10)19-13(14)15/h2-5,9,13,16H,6-8H2,1H3/t9-/m1/s1. The van der Waals surface area contributed by atoms with Gasteiger partial charge in [0.25, 0.3) is 5.91 Å². The van der Waals surface area contributed by atoms with E-state index in [1.807, 2.05) is 6.92 Å². The molecule has 1 heterocycles. The Labute approximate surface area is 110 Å². The van der Waals surface area contributed by atoms with Crippen LogP contribution in [-0.2, 0) is 0 Å². The summed E-state index contributed by atoms with van der Waals surface area (Å²) >= 11 is 0. The molecule has 0 aromatic heterocycles. The third kappa shape index (κ3) is 3.41. The highest BCUT2D eigenvalue weighted by atomic mass is 19.3. The maximum atomic E-state index is 12.3. The molecule has 1 aliphatic rings. The van der Waals surface area contributed by atoms with Crippen LogP contribution in [0.2, 0.25) is 0 Å². The fraction of sp³-hybridized carbons (Fsp3) is 0.462. The van der Waals surface area contributed by atoms with E-state index in [0.29, 0.717) is 12.1 Å². The molecule has 0 unspecified atom stereocenters. The highest BCUT2D eigenvalue weighted by molar-refractivity contribution is 5.94. The van der Waals surface area contributed by atoms with Crippen LogP contribution in [0.15, 0.2) is 24.3 Å². The number of piperazine rings is 1. The largest absolute Gasteiger partial charge is 0.435 e. The quantitative estimate of drug-likeness (QED) is 0.909. The molecular weight excluding hydrogens is 254 g/mol. The molecule has 0 bridgehead atoms. The Kier molecular flexibility index (Phi) is 4.31. The van der Waals surface area contributed by atoms with Crippen LogP contribution >= 0.6 is 0 Å². The summed E-state index contributed by atoms with van der Waals surface area (Å²) < 4.78 is 28.3. The van der Waals surface area contributed by atoms with Crippen LogP contribution in [0, 0.1) is 0 Å². The van der Waals surface area contributed by atoms with Gasteiger partial charge in [0.05, 0.1) is 0 Å². The Hall–Kier alpha value is -1.69.